The quantitative estimate of drug-likeness (QED) is 0.386. The highest BCUT2D eigenvalue weighted by atomic mass is 35.7. The van der Waals surface area contributed by atoms with Gasteiger partial charge in [0.1, 0.15) is 16.7 Å². The van der Waals surface area contributed by atoms with Gasteiger partial charge in [0.2, 0.25) is 0 Å². The molecule has 0 spiro atoms. The van der Waals surface area contributed by atoms with Gasteiger partial charge in [-0.05, 0) is 83.1 Å². The van der Waals surface area contributed by atoms with Crippen LogP contribution in [0, 0.1) is 0 Å². The van der Waals surface area contributed by atoms with Crippen molar-refractivity contribution >= 4 is 35.6 Å². The Bertz CT molecular complexity index is 438. The maximum atomic E-state index is 7.17. The number of hydrogen-bond acceptors (Lipinski definition) is 4. The molecule has 3 saturated heterocycles. The molecule has 0 atom stereocenters. The summed E-state index contributed by atoms with van der Waals surface area (Å²) >= 11 is 7.17. The fraction of sp³-hybridized carbons (Fsp3) is 1.00. The van der Waals surface area contributed by atoms with Crippen molar-refractivity contribution in [2.45, 2.75) is 105 Å². The van der Waals surface area contributed by atoms with Gasteiger partial charge in [-0.15, -0.1) is 0 Å². The molecule has 0 saturated carbocycles. The Morgan fingerprint density at radius 3 is 0.833 bits per heavy atom. The maximum absolute atomic E-state index is 7.17. The van der Waals surface area contributed by atoms with Gasteiger partial charge in [0.25, 0.3) is 0 Å². The lowest BCUT2D eigenvalue weighted by Crippen LogP contribution is -2.65. The van der Waals surface area contributed by atoms with Gasteiger partial charge in [0.15, 0.2) is 7.58 Å². The second-order valence-electron chi connectivity index (χ2n) is 10.6. The SMILES string of the molecule is CC(C)(C)N1P(Cl)N(C(C)(C)C)P2N(C(C)(C)C)P1N2C(C)(C)C. The molecule has 4 nitrogen and oxygen atoms in total. The second-order valence-corrected chi connectivity index (χ2v) is 17.5. The smallest absolute Gasteiger partial charge is 0.152 e. The minimum Gasteiger partial charge on any atom is -0.203 e. The zero-order valence-electron chi connectivity index (χ0n) is 17.5. The first kappa shape index (κ1) is 21.7. The highest BCUT2D eigenvalue weighted by Gasteiger charge is 2.69. The van der Waals surface area contributed by atoms with Crippen LogP contribution in [-0.2, 0) is 0 Å². The second kappa shape index (κ2) is 6.22. The molecular formula is C16H36ClN4P3. The van der Waals surface area contributed by atoms with Crippen molar-refractivity contribution in [3.63, 3.8) is 0 Å². The Labute approximate surface area is 158 Å². The molecule has 0 radical (unpaired) electrons. The lowest BCUT2D eigenvalue weighted by atomic mass is 10.1. The van der Waals surface area contributed by atoms with Gasteiger partial charge in [-0.1, -0.05) is 11.2 Å². The third-order valence-electron chi connectivity index (χ3n) is 3.73. The van der Waals surface area contributed by atoms with Gasteiger partial charge < -0.3 is 0 Å². The molecule has 3 fully saturated rings. The minimum atomic E-state index is -0.819. The van der Waals surface area contributed by atoms with E-state index < -0.39 is 24.3 Å². The number of halogens is 1. The molecule has 0 unspecified atom stereocenters. The van der Waals surface area contributed by atoms with E-state index in [2.05, 4.69) is 101 Å². The van der Waals surface area contributed by atoms with Crippen LogP contribution >= 0.6 is 35.6 Å². The normalized spacial score (nSPS) is 32.1. The van der Waals surface area contributed by atoms with Crippen molar-refractivity contribution in [2.75, 3.05) is 0 Å². The molecule has 24 heavy (non-hydrogen) atoms. The fourth-order valence-corrected chi connectivity index (χ4v) is 16.7. The zero-order valence-corrected chi connectivity index (χ0v) is 20.9. The molecule has 3 rings (SSSR count). The Hall–Kier alpha value is 1.42. The maximum Gasteiger partial charge on any atom is 0.152 e. The van der Waals surface area contributed by atoms with Gasteiger partial charge >= 0.3 is 0 Å². The topological polar surface area (TPSA) is 13.0 Å². The molecule has 3 aliphatic rings. The molecule has 0 amide bonds. The van der Waals surface area contributed by atoms with Crippen LogP contribution in [-0.4, -0.2) is 39.9 Å². The van der Waals surface area contributed by atoms with E-state index >= 15 is 0 Å². The molecular weight excluding hydrogens is 377 g/mol. The summed E-state index contributed by atoms with van der Waals surface area (Å²) in [5, 5.41) is 0. The fourth-order valence-electron chi connectivity index (χ4n) is 2.91. The number of fused-ring (bicyclic) bond motifs is 2. The van der Waals surface area contributed by atoms with Gasteiger partial charge in [-0.25, -0.2) is 17.8 Å². The van der Waals surface area contributed by atoms with Gasteiger partial charge in [0, 0.05) is 22.2 Å². The van der Waals surface area contributed by atoms with E-state index in [4.69, 9.17) is 11.2 Å². The van der Waals surface area contributed by atoms with E-state index in [-0.39, 0.29) is 22.2 Å². The van der Waals surface area contributed by atoms with E-state index in [9.17, 15) is 0 Å². The first-order valence-corrected chi connectivity index (χ1v) is 13.2. The third-order valence-corrected chi connectivity index (χ3v) is 16.6. The van der Waals surface area contributed by atoms with E-state index in [1.807, 2.05) is 0 Å². The Kier molecular flexibility index (Phi) is 5.62. The van der Waals surface area contributed by atoms with E-state index in [0.29, 0.717) is 0 Å². The van der Waals surface area contributed by atoms with Crippen LogP contribution < -0.4 is 0 Å². The number of nitrogens with zero attached hydrogens (tertiary/aromatic N) is 4. The zero-order chi connectivity index (χ0) is 19.0. The van der Waals surface area contributed by atoms with Crippen LogP contribution in [0.1, 0.15) is 83.1 Å². The largest absolute Gasteiger partial charge is 0.203 e. The van der Waals surface area contributed by atoms with Crippen molar-refractivity contribution in [3.8, 4) is 0 Å². The van der Waals surface area contributed by atoms with Crippen LogP contribution in [0.25, 0.3) is 0 Å². The van der Waals surface area contributed by atoms with Crippen molar-refractivity contribution in [1.29, 1.82) is 0 Å². The van der Waals surface area contributed by atoms with Gasteiger partial charge in [-0.2, -0.15) is 0 Å². The predicted molar refractivity (Wildman–Crippen MR) is 113 cm³/mol. The Morgan fingerprint density at radius 2 is 0.667 bits per heavy atom. The van der Waals surface area contributed by atoms with Gasteiger partial charge in [-0.3, -0.25) is 0 Å². The molecule has 0 aromatic heterocycles. The average molecular weight is 413 g/mol. The summed E-state index contributed by atoms with van der Waals surface area (Å²) in [5.74, 6) is 0. The summed E-state index contributed by atoms with van der Waals surface area (Å²) in [6.07, 6.45) is 0. The molecule has 2 bridgehead atoms. The summed E-state index contributed by atoms with van der Waals surface area (Å²) in [6.45, 7) is 27.9. The highest BCUT2D eigenvalue weighted by Crippen LogP contribution is 2.95. The van der Waals surface area contributed by atoms with E-state index in [1.54, 1.807) is 0 Å². The van der Waals surface area contributed by atoms with Crippen LogP contribution in [0.4, 0.5) is 0 Å². The van der Waals surface area contributed by atoms with Crippen LogP contribution in [0.2, 0.25) is 0 Å². The van der Waals surface area contributed by atoms with E-state index in [0.717, 1.165) is 0 Å². The lowest BCUT2D eigenvalue weighted by Gasteiger charge is -2.76. The Balaban J connectivity index is 2.64. The molecule has 0 aromatic rings. The monoisotopic (exact) mass is 412 g/mol. The number of rotatable bonds is 0. The van der Waals surface area contributed by atoms with Crippen LogP contribution in [0.5, 0.6) is 0 Å². The molecule has 3 aliphatic heterocycles. The molecule has 8 heteroatoms. The van der Waals surface area contributed by atoms with Crippen LogP contribution in [0.3, 0.4) is 0 Å². The summed E-state index contributed by atoms with van der Waals surface area (Å²) in [4.78, 5) is 0. The van der Waals surface area contributed by atoms with E-state index in [1.165, 1.54) is 0 Å². The van der Waals surface area contributed by atoms with Crippen molar-refractivity contribution in [2.24, 2.45) is 0 Å². The van der Waals surface area contributed by atoms with Crippen molar-refractivity contribution in [1.82, 2.24) is 17.8 Å². The average Bonchev–Trinajstić information content (AvgIpc) is 2.18. The van der Waals surface area contributed by atoms with Crippen molar-refractivity contribution in [3.05, 3.63) is 0 Å². The Morgan fingerprint density at radius 1 is 0.458 bits per heavy atom. The number of hydrogen-bond donors (Lipinski definition) is 0. The molecule has 0 N–H and O–H groups in total. The third kappa shape index (κ3) is 3.57. The summed E-state index contributed by atoms with van der Waals surface area (Å²) in [7, 11) is -1.88. The summed E-state index contributed by atoms with van der Waals surface area (Å²) in [5.41, 5.74) is 0.355. The molecule has 142 valence electrons. The first-order valence-electron chi connectivity index (χ1n) is 8.66. The standard InChI is InChI=1S/C16H36ClN4P3/c1-13(2,3)18-22(17)19(14(4,5)6)24-20(15(7,8)9)23(18)21(24)16(10,11)12/h1-12H3. The molecule has 0 aromatic carbocycles. The summed E-state index contributed by atoms with van der Waals surface area (Å²) < 4.78 is 10.8. The van der Waals surface area contributed by atoms with Gasteiger partial charge in [0.05, 0.1) is 0 Å². The molecule has 3 heterocycles. The van der Waals surface area contributed by atoms with Crippen molar-refractivity contribution < 1.29 is 0 Å². The molecule has 0 aliphatic carbocycles. The highest BCUT2D eigenvalue weighted by molar-refractivity contribution is 7.99. The predicted octanol–water partition coefficient (Wildman–Crippen LogP) is 7.34. The first-order chi connectivity index (χ1) is 10.4. The minimum absolute atomic E-state index is 0.0392. The van der Waals surface area contributed by atoms with Crippen LogP contribution in [0.15, 0.2) is 0 Å². The lowest BCUT2D eigenvalue weighted by molar-refractivity contribution is 0.200. The summed E-state index contributed by atoms with van der Waals surface area (Å²) in [6, 6.07) is 0.